The summed E-state index contributed by atoms with van der Waals surface area (Å²) in [6, 6.07) is 4.11. The molecule has 152 valence electrons. The number of carbonyl (C=O) groups is 2. The number of nitrogens with zero attached hydrogens (tertiary/aromatic N) is 1. The van der Waals surface area contributed by atoms with Crippen LogP contribution in [0.25, 0.3) is 0 Å². The van der Waals surface area contributed by atoms with Crippen molar-refractivity contribution in [2.45, 2.75) is 53.0 Å². The zero-order valence-electron chi connectivity index (χ0n) is 17.2. The number of urea groups is 1. The Morgan fingerprint density at radius 3 is 2.33 bits per heavy atom. The van der Waals surface area contributed by atoms with Gasteiger partial charge in [0.25, 0.3) is 5.91 Å². The Hall–Kier alpha value is -2.28. The number of unbranched alkanes of at least 4 members (excludes halogenated alkanes) is 1. The molecule has 0 heterocycles. The molecule has 7 nitrogen and oxygen atoms in total. The quantitative estimate of drug-likeness (QED) is 0.497. The Balaban J connectivity index is 2.49. The SMILES string of the molecule is CCN(CC)CCCCNC(=O)c1ccc(NC(=O)NC(C)(C)C)cc1O. The molecule has 0 aliphatic rings. The first-order chi connectivity index (χ1) is 12.7. The van der Waals surface area contributed by atoms with E-state index < -0.39 is 0 Å². The van der Waals surface area contributed by atoms with Crippen LogP contribution in [-0.2, 0) is 0 Å². The fourth-order valence-corrected chi connectivity index (χ4v) is 2.60. The van der Waals surface area contributed by atoms with Gasteiger partial charge in [-0.15, -0.1) is 0 Å². The van der Waals surface area contributed by atoms with Crippen LogP contribution < -0.4 is 16.0 Å². The van der Waals surface area contributed by atoms with E-state index in [1.165, 1.54) is 12.1 Å². The highest BCUT2D eigenvalue weighted by atomic mass is 16.3. The smallest absolute Gasteiger partial charge is 0.319 e. The Bertz CT molecular complexity index is 622. The standard InChI is InChI=1S/C20H34N4O3/c1-6-24(7-2)13-9-8-12-21-18(26)16-11-10-15(14-17(16)25)22-19(27)23-20(3,4)5/h10-11,14,25H,6-9,12-13H2,1-5H3,(H,21,26)(H2,22,23,27). The molecule has 0 fully saturated rings. The first-order valence-electron chi connectivity index (χ1n) is 9.59. The van der Waals surface area contributed by atoms with Gasteiger partial charge in [0.1, 0.15) is 5.75 Å². The monoisotopic (exact) mass is 378 g/mol. The second kappa shape index (κ2) is 10.8. The fourth-order valence-electron chi connectivity index (χ4n) is 2.60. The molecule has 1 aromatic rings. The molecule has 27 heavy (non-hydrogen) atoms. The Labute approximate surface area is 162 Å². The highest BCUT2D eigenvalue weighted by Gasteiger charge is 2.15. The van der Waals surface area contributed by atoms with E-state index in [1.807, 2.05) is 20.8 Å². The van der Waals surface area contributed by atoms with Crippen LogP contribution in [0.3, 0.4) is 0 Å². The van der Waals surface area contributed by atoms with E-state index in [4.69, 9.17) is 0 Å². The average molecular weight is 379 g/mol. The van der Waals surface area contributed by atoms with Crippen molar-refractivity contribution in [2.24, 2.45) is 0 Å². The number of carbonyl (C=O) groups excluding carboxylic acids is 2. The van der Waals surface area contributed by atoms with E-state index in [-0.39, 0.29) is 28.8 Å². The van der Waals surface area contributed by atoms with Crippen LogP contribution in [0.15, 0.2) is 18.2 Å². The van der Waals surface area contributed by atoms with Gasteiger partial charge in [0.15, 0.2) is 0 Å². The molecule has 0 atom stereocenters. The van der Waals surface area contributed by atoms with Gasteiger partial charge in [0.05, 0.1) is 5.56 Å². The lowest BCUT2D eigenvalue weighted by Crippen LogP contribution is -2.43. The summed E-state index contributed by atoms with van der Waals surface area (Å²) in [5.41, 5.74) is 0.252. The molecule has 0 aliphatic carbocycles. The number of benzene rings is 1. The third-order valence-corrected chi connectivity index (χ3v) is 4.07. The van der Waals surface area contributed by atoms with Gasteiger partial charge < -0.3 is 26.0 Å². The van der Waals surface area contributed by atoms with Gasteiger partial charge in [-0.3, -0.25) is 4.79 Å². The molecule has 0 bridgehead atoms. The number of hydrogen-bond acceptors (Lipinski definition) is 4. The van der Waals surface area contributed by atoms with Crippen LogP contribution in [0, 0.1) is 0 Å². The van der Waals surface area contributed by atoms with E-state index in [0.717, 1.165) is 32.5 Å². The molecule has 0 saturated heterocycles. The van der Waals surface area contributed by atoms with Crippen molar-refractivity contribution in [3.05, 3.63) is 23.8 Å². The maximum Gasteiger partial charge on any atom is 0.319 e. The minimum atomic E-state index is -0.368. The number of phenols is 1. The highest BCUT2D eigenvalue weighted by molar-refractivity contribution is 5.98. The van der Waals surface area contributed by atoms with E-state index in [2.05, 4.69) is 34.7 Å². The van der Waals surface area contributed by atoms with Crippen LogP contribution in [0.5, 0.6) is 5.75 Å². The van der Waals surface area contributed by atoms with Crippen LogP contribution in [0.4, 0.5) is 10.5 Å². The Kier molecular flexibility index (Phi) is 9.08. The number of anilines is 1. The van der Waals surface area contributed by atoms with Crippen molar-refractivity contribution in [1.82, 2.24) is 15.5 Å². The maximum atomic E-state index is 12.2. The molecule has 4 N–H and O–H groups in total. The van der Waals surface area contributed by atoms with Gasteiger partial charge in [-0.2, -0.15) is 0 Å². The number of hydrogen-bond donors (Lipinski definition) is 4. The van der Waals surface area contributed by atoms with Crippen LogP contribution in [0.2, 0.25) is 0 Å². The lowest BCUT2D eigenvalue weighted by atomic mass is 10.1. The molecule has 0 aliphatic heterocycles. The first-order valence-corrected chi connectivity index (χ1v) is 9.59. The molecule has 3 amide bonds. The van der Waals surface area contributed by atoms with Crippen molar-refractivity contribution in [3.8, 4) is 5.75 Å². The van der Waals surface area contributed by atoms with Gasteiger partial charge in [-0.05, 0) is 65.4 Å². The zero-order valence-corrected chi connectivity index (χ0v) is 17.2. The van der Waals surface area contributed by atoms with E-state index in [9.17, 15) is 14.7 Å². The lowest BCUT2D eigenvalue weighted by Gasteiger charge is -2.20. The summed E-state index contributed by atoms with van der Waals surface area (Å²) in [7, 11) is 0. The minimum Gasteiger partial charge on any atom is -0.507 e. The molecule has 0 spiro atoms. The Morgan fingerprint density at radius 2 is 1.78 bits per heavy atom. The first kappa shape index (κ1) is 22.8. The third kappa shape index (κ3) is 8.77. The average Bonchev–Trinajstić information content (AvgIpc) is 2.56. The number of rotatable bonds is 9. The zero-order chi connectivity index (χ0) is 20.4. The summed E-state index contributed by atoms with van der Waals surface area (Å²) in [5.74, 6) is -0.481. The summed E-state index contributed by atoms with van der Waals surface area (Å²) < 4.78 is 0. The van der Waals surface area contributed by atoms with Crippen molar-refractivity contribution in [3.63, 3.8) is 0 Å². The molecule has 1 aromatic carbocycles. The van der Waals surface area contributed by atoms with Crippen LogP contribution in [-0.4, -0.2) is 53.7 Å². The number of aromatic hydroxyl groups is 1. The molecular weight excluding hydrogens is 344 g/mol. The topological polar surface area (TPSA) is 93.7 Å². The van der Waals surface area contributed by atoms with Gasteiger partial charge in [0, 0.05) is 23.8 Å². The molecule has 0 aromatic heterocycles. The van der Waals surface area contributed by atoms with Gasteiger partial charge in [-0.25, -0.2) is 4.79 Å². The second-order valence-electron chi connectivity index (χ2n) is 7.55. The van der Waals surface area contributed by atoms with Crippen LogP contribution >= 0.6 is 0 Å². The summed E-state index contributed by atoms with van der Waals surface area (Å²) in [6.07, 6.45) is 1.90. The summed E-state index contributed by atoms with van der Waals surface area (Å²) in [4.78, 5) is 26.4. The maximum absolute atomic E-state index is 12.2. The second-order valence-corrected chi connectivity index (χ2v) is 7.55. The normalized spacial score (nSPS) is 11.3. The summed E-state index contributed by atoms with van der Waals surface area (Å²) >= 11 is 0. The van der Waals surface area contributed by atoms with Gasteiger partial charge in [0.2, 0.25) is 0 Å². The summed E-state index contributed by atoms with van der Waals surface area (Å²) in [5, 5.41) is 18.3. The van der Waals surface area contributed by atoms with E-state index >= 15 is 0 Å². The number of phenolic OH excluding ortho intramolecular Hbond substituents is 1. The molecule has 1 rings (SSSR count). The van der Waals surface area contributed by atoms with Crippen molar-refractivity contribution in [1.29, 1.82) is 0 Å². The van der Waals surface area contributed by atoms with E-state index in [1.54, 1.807) is 6.07 Å². The Morgan fingerprint density at radius 1 is 1.11 bits per heavy atom. The molecule has 7 heteroatoms. The van der Waals surface area contributed by atoms with Crippen molar-refractivity contribution >= 4 is 17.6 Å². The van der Waals surface area contributed by atoms with Crippen molar-refractivity contribution in [2.75, 3.05) is 31.5 Å². The van der Waals surface area contributed by atoms with Gasteiger partial charge >= 0.3 is 6.03 Å². The predicted molar refractivity (Wildman–Crippen MR) is 109 cm³/mol. The lowest BCUT2D eigenvalue weighted by molar-refractivity contribution is 0.0950. The molecule has 0 radical (unpaired) electrons. The van der Waals surface area contributed by atoms with Crippen LogP contribution in [0.1, 0.15) is 57.8 Å². The van der Waals surface area contributed by atoms with E-state index in [0.29, 0.717) is 12.2 Å². The minimum absolute atomic E-state index is 0.163. The predicted octanol–water partition coefficient (Wildman–Crippen LogP) is 3.16. The third-order valence-electron chi connectivity index (χ3n) is 4.07. The largest absolute Gasteiger partial charge is 0.507 e. The highest BCUT2D eigenvalue weighted by Crippen LogP contribution is 2.22. The number of amides is 3. The van der Waals surface area contributed by atoms with Gasteiger partial charge in [-0.1, -0.05) is 13.8 Å². The fraction of sp³-hybridized carbons (Fsp3) is 0.600. The van der Waals surface area contributed by atoms with Crippen molar-refractivity contribution < 1.29 is 14.7 Å². The molecule has 0 unspecified atom stereocenters. The molecule has 0 saturated carbocycles. The summed E-state index contributed by atoms with van der Waals surface area (Å²) in [6.45, 7) is 13.5. The molecular formula is C20H34N4O3. The number of nitrogens with one attached hydrogen (secondary N) is 3.